The largest absolute Gasteiger partial charge is 0.491 e. The monoisotopic (exact) mass is 351 g/mol. The molecule has 1 heterocycles. The molecule has 0 aromatic heterocycles. The van der Waals surface area contributed by atoms with E-state index in [-0.39, 0.29) is 15.5 Å². The van der Waals surface area contributed by atoms with Crippen LogP contribution in [-0.4, -0.2) is 47.5 Å². The summed E-state index contributed by atoms with van der Waals surface area (Å²) in [5.41, 5.74) is 0.0851. The molecule has 1 amide bonds. The number of rotatable bonds is 4. The average Bonchev–Trinajstić information content (AvgIpc) is 2.88. The van der Waals surface area contributed by atoms with E-state index in [9.17, 15) is 14.0 Å². The van der Waals surface area contributed by atoms with Crippen LogP contribution in [0.25, 0.3) is 0 Å². The van der Waals surface area contributed by atoms with E-state index in [0.29, 0.717) is 5.56 Å². The van der Waals surface area contributed by atoms with E-state index in [2.05, 4.69) is 20.3 Å². The molecule has 1 aliphatic rings. The molecule has 24 heavy (non-hydrogen) atoms. The van der Waals surface area contributed by atoms with Gasteiger partial charge < -0.3 is 14.8 Å². The molecule has 0 saturated carbocycles. The molecule has 1 fully saturated rings. The summed E-state index contributed by atoms with van der Waals surface area (Å²) in [7, 11) is -0.753. The van der Waals surface area contributed by atoms with Crippen molar-refractivity contribution in [2.45, 2.75) is 0 Å². The van der Waals surface area contributed by atoms with Crippen molar-refractivity contribution >= 4 is 47.6 Å². The molecule has 11 heteroatoms. The Morgan fingerprint density at radius 2 is 2.21 bits per heavy atom. The second-order valence-corrected chi connectivity index (χ2v) is 5.42. The summed E-state index contributed by atoms with van der Waals surface area (Å²) in [5.74, 6) is -1.93. The minimum absolute atomic E-state index is 0.114. The lowest BCUT2D eigenvalue weighted by molar-refractivity contribution is -0.135. The van der Waals surface area contributed by atoms with Crippen LogP contribution in [0.5, 0.6) is 0 Å². The first-order chi connectivity index (χ1) is 11.4. The van der Waals surface area contributed by atoms with E-state index < -0.39 is 24.8 Å². The van der Waals surface area contributed by atoms with Crippen LogP contribution in [0.2, 0.25) is 0 Å². The Kier molecular flexibility index (Phi) is 5.85. The van der Waals surface area contributed by atoms with Crippen molar-refractivity contribution in [1.82, 2.24) is 5.32 Å². The fourth-order valence-electron chi connectivity index (χ4n) is 1.63. The number of nitrogens with zero attached hydrogens (tertiary/aromatic N) is 2. The van der Waals surface area contributed by atoms with Crippen LogP contribution in [0, 0.1) is 5.82 Å². The predicted molar refractivity (Wildman–Crippen MR) is 87.1 cm³/mol. The number of nitrogens with one attached hydrogen (secondary N) is 1. The van der Waals surface area contributed by atoms with Gasteiger partial charge in [-0.05, 0) is 23.4 Å². The number of amidine groups is 1. The van der Waals surface area contributed by atoms with Crippen LogP contribution in [0.15, 0.2) is 39.4 Å². The topological polar surface area (TPSA) is 121 Å². The summed E-state index contributed by atoms with van der Waals surface area (Å²) in [6.07, 6.45) is 2.27. The molecule has 0 bridgehead atoms. The van der Waals surface area contributed by atoms with Gasteiger partial charge >= 0.3 is 13.1 Å². The second-order valence-electron chi connectivity index (χ2n) is 4.39. The van der Waals surface area contributed by atoms with Crippen molar-refractivity contribution in [2.24, 2.45) is 10.2 Å². The van der Waals surface area contributed by atoms with Crippen molar-refractivity contribution < 1.29 is 28.8 Å². The van der Waals surface area contributed by atoms with E-state index in [0.717, 1.165) is 23.9 Å². The Morgan fingerprint density at radius 1 is 1.46 bits per heavy atom. The Labute approximate surface area is 140 Å². The summed E-state index contributed by atoms with van der Waals surface area (Å²) in [4.78, 5) is 22.8. The standard InChI is InChI=1S/C13H11BFN3O5S/c1-23-11(19)5-10-12(20)17-13(24-10)18-16-6-7-2-3-9(15)8(4-7)14(21)22/h2-6,21-22H,1H3,(H,17,18,20)/b10-5+,16-6?. The number of carbonyl (C=O) groups is 2. The van der Waals surface area contributed by atoms with Gasteiger partial charge in [-0.1, -0.05) is 12.1 Å². The lowest BCUT2D eigenvalue weighted by Crippen LogP contribution is -2.33. The van der Waals surface area contributed by atoms with Gasteiger partial charge in [-0.25, -0.2) is 9.18 Å². The number of methoxy groups -OCH3 is 1. The van der Waals surface area contributed by atoms with Gasteiger partial charge in [0.1, 0.15) is 5.82 Å². The number of hydrogen-bond acceptors (Lipinski definition) is 8. The van der Waals surface area contributed by atoms with Crippen LogP contribution in [-0.2, 0) is 14.3 Å². The van der Waals surface area contributed by atoms with E-state index in [1.165, 1.54) is 25.5 Å². The molecule has 1 aliphatic heterocycles. The minimum Gasteiger partial charge on any atom is -0.466 e. The molecule has 1 aromatic rings. The van der Waals surface area contributed by atoms with Crippen LogP contribution in [0.3, 0.4) is 0 Å². The molecule has 1 aromatic carbocycles. The van der Waals surface area contributed by atoms with E-state index >= 15 is 0 Å². The van der Waals surface area contributed by atoms with Crippen LogP contribution < -0.4 is 10.8 Å². The zero-order valence-electron chi connectivity index (χ0n) is 12.3. The average molecular weight is 351 g/mol. The number of ether oxygens (including phenoxy) is 1. The highest BCUT2D eigenvalue weighted by Crippen LogP contribution is 2.23. The molecule has 1 saturated heterocycles. The first-order valence-corrected chi connectivity index (χ1v) is 7.28. The maximum Gasteiger partial charge on any atom is 0.491 e. The SMILES string of the molecule is COC(=O)/C=C1/S/C(=N\N=Cc2ccc(F)c(B(O)O)c2)NC1=O. The number of amides is 1. The van der Waals surface area contributed by atoms with E-state index in [1.54, 1.807) is 0 Å². The molecule has 3 N–H and O–H groups in total. The van der Waals surface area contributed by atoms with Gasteiger partial charge in [0, 0.05) is 11.5 Å². The molecular formula is C13H11BFN3O5S. The maximum absolute atomic E-state index is 13.3. The third-order valence-corrected chi connectivity index (χ3v) is 3.65. The first kappa shape index (κ1) is 17.9. The normalized spacial score (nSPS) is 17.6. The molecule has 0 atom stereocenters. The van der Waals surface area contributed by atoms with Gasteiger partial charge in [0.15, 0.2) is 5.17 Å². The first-order valence-electron chi connectivity index (χ1n) is 6.46. The van der Waals surface area contributed by atoms with Crippen LogP contribution >= 0.6 is 11.8 Å². The molecule has 0 unspecified atom stereocenters. The smallest absolute Gasteiger partial charge is 0.466 e. The summed E-state index contributed by atoms with van der Waals surface area (Å²) in [6.45, 7) is 0. The molecule has 124 valence electrons. The summed E-state index contributed by atoms with van der Waals surface area (Å²) >= 11 is 0.904. The van der Waals surface area contributed by atoms with Gasteiger partial charge in [-0.3, -0.25) is 10.1 Å². The highest BCUT2D eigenvalue weighted by atomic mass is 32.2. The molecule has 0 spiro atoms. The quantitative estimate of drug-likeness (QED) is 0.213. The summed E-state index contributed by atoms with van der Waals surface area (Å²) in [5, 5.41) is 28.1. The fraction of sp³-hybridized carbons (Fsp3) is 0.0769. The Bertz CT molecular complexity index is 766. The number of carbonyl (C=O) groups excluding carboxylic acids is 2. The lowest BCUT2D eigenvalue weighted by atomic mass is 9.79. The van der Waals surface area contributed by atoms with Gasteiger partial charge in [-0.2, -0.15) is 5.10 Å². The zero-order chi connectivity index (χ0) is 17.7. The molecule has 0 aliphatic carbocycles. The predicted octanol–water partition coefficient (Wildman–Crippen LogP) is -0.885. The number of hydrogen-bond donors (Lipinski definition) is 3. The third kappa shape index (κ3) is 4.50. The third-order valence-electron chi connectivity index (χ3n) is 2.75. The lowest BCUT2D eigenvalue weighted by Gasteiger charge is -2.02. The van der Waals surface area contributed by atoms with E-state index in [1.807, 2.05) is 0 Å². The highest BCUT2D eigenvalue weighted by Gasteiger charge is 2.25. The van der Waals surface area contributed by atoms with Gasteiger partial charge in [-0.15, -0.1) is 5.10 Å². The molecule has 2 rings (SSSR count). The van der Waals surface area contributed by atoms with E-state index in [4.69, 9.17) is 10.0 Å². The van der Waals surface area contributed by atoms with Gasteiger partial charge in [0.25, 0.3) is 5.91 Å². The van der Waals surface area contributed by atoms with Crippen molar-refractivity contribution in [1.29, 1.82) is 0 Å². The molecule has 8 nitrogen and oxygen atoms in total. The summed E-state index contributed by atoms with van der Waals surface area (Å²) < 4.78 is 17.7. The van der Waals surface area contributed by atoms with Crippen molar-refractivity contribution in [3.8, 4) is 0 Å². The number of halogens is 1. The number of esters is 1. The Balaban J connectivity index is 2.10. The Hall–Kier alpha value is -2.50. The van der Waals surface area contributed by atoms with Crippen molar-refractivity contribution in [3.63, 3.8) is 0 Å². The van der Waals surface area contributed by atoms with Gasteiger partial charge in [0.2, 0.25) is 0 Å². The number of benzene rings is 1. The second kappa shape index (κ2) is 7.86. The number of thioether (sulfide) groups is 1. The minimum atomic E-state index is -1.94. The van der Waals surface area contributed by atoms with Crippen LogP contribution in [0.1, 0.15) is 5.56 Å². The highest BCUT2D eigenvalue weighted by molar-refractivity contribution is 8.18. The molecular weight excluding hydrogens is 340 g/mol. The molecule has 0 radical (unpaired) electrons. The van der Waals surface area contributed by atoms with Crippen molar-refractivity contribution in [2.75, 3.05) is 7.11 Å². The van der Waals surface area contributed by atoms with Crippen LogP contribution in [0.4, 0.5) is 4.39 Å². The fourth-order valence-corrected chi connectivity index (χ4v) is 2.37. The Morgan fingerprint density at radius 3 is 2.88 bits per heavy atom. The maximum atomic E-state index is 13.3. The summed E-state index contributed by atoms with van der Waals surface area (Å²) in [6, 6.07) is 3.63. The zero-order valence-corrected chi connectivity index (χ0v) is 13.1. The van der Waals surface area contributed by atoms with Crippen molar-refractivity contribution in [3.05, 3.63) is 40.6 Å². The van der Waals surface area contributed by atoms with Gasteiger partial charge in [0.05, 0.1) is 18.2 Å².